The van der Waals surface area contributed by atoms with Gasteiger partial charge in [-0.05, 0) is 64.0 Å². The van der Waals surface area contributed by atoms with Crippen molar-refractivity contribution in [1.82, 2.24) is 0 Å². The van der Waals surface area contributed by atoms with E-state index in [2.05, 4.69) is 38.5 Å². The molecule has 0 aromatic heterocycles. The minimum absolute atomic E-state index is 0.461. The quantitative estimate of drug-likeness (QED) is 0.575. The Hall–Kier alpha value is 0.190. The van der Waals surface area contributed by atoms with Gasteiger partial charge in [0.2, 0.25) is 0 Å². The van der Waals surface area contributed by atoms with Crippen LogP contribution in [0.5, 0.6) is 0 Å². The molecule has 5 heteroatoms. The smallest absolute Gasteiger partial charge is 0.0841 e. The molecule has 0 saturated carbocycles. The third-order valence-electron chi connectivity index (χ3n) is 2.75. The number of rotatable bonds is 3. The summed E-state index contributed by atoms with van der Waals surface area (Å²) >= 11 is 17.6. The van der Waals surface area contributed by atoms with E-state index in [0.29, 0.717) is 16.5 Å². The van der Waals surface area contributed by atoms with Crippen molar-refractivity contribution < 1.29 is 5.11 Å². The van der Waals surface area contributed by atoms with Gasteiger partial charge < -0.3 is 5.11 Å². The van der Waals surface area contributed by atoms with Crippen molar-refractivity contribution in [3.05, 3.63) is 65.6 Å². The first kappa shape index (κ1) is 15.6. The van der Waals surface area contributed by atoms with Gasteiger partial charge in [-0.1, -0.05) is 45.2 Å². The van der Waals surface area contributed by atoms with Gasteiger partial charge in [-0.15, -0.1) is 0 Å². The zero-order chi connectivity index (χ0) is 14.0. The van der Waals surface area contributed by atoms with Crippen LogP contribution in [0.2, 0.25) is 10.0 Å². The van der Waals surface area contributed by atoms with Crippen molar-refractivity contribution >= 4 is 61.7 Å². The largest absolute Gasteiger partial charge is 0.388 e. The van der Waals surface area contributed by atoms with Crippen LogP contribution in [0.15, 0.2) is 40.9 Å². The third kappa shape index (κ3) is 4.08. The molecule has 2 aromatic rings. The van der Waals surface area contributed by atoms with Crippen LogP contribution in [0, 0.1) is 3.57 Å². The fraction of sp³-hybridized carbons (Fsp3) is 0.143. The fourth-order valence-corrected chi connectivity index (χ4v) is 3.33. The van der Waals surface area contributed by atoms with Crippen LogP contribution in [0.25, 0.3) is 0 Å². The lowest BCUT2D eigenvalue weighted by Gasteiger charge is -2.14. The Bertz CT molecular complexity index is 604. The van der Waals surface area contributed by atoms with Crippen molar-refractivity contribution in [2.45, 2.75) is 12.5 Å². The second-order valence-corrected chi connectivity index (χ2v) is 7.04. The van der Waals surface area contributed by atoms with Gasteiger partial charge in [-0.2, -0.15) is 0 Å². The molecule has 1 unspecified atom stereocenters. The van der Waals surface area contributed by atoms with Gasteiger partial charge in [0.25, 0.3) is 0 Å². The van der Waals surface area contributed by atoms with E-state index in [0.717, 1.165) is 19.2 Å². The molecule has 0 radical (unpaired) electrons. The summed E-state index contributed by atoms with van der Waals surface area (Å²) in [5.74, 6) is 0. The van der Waals surface area contributed by atoms with E-state index in [1.165, 1.54) is 0 Å². The first-order chi connectivity index (χ1) is 8.97. The van der Waals surface area contributed by atoms with E-state index in [1.807, 2.05) is 24.3 Å². The summed E-state index contributed by atoms with van der Waals surface area (Å²) in [4.78, 5) is 0. The fourth-order valence-electron chi connectivity index (χ4n) is 1.78. The molecule has 1 atom stereocenters. The van der Waals surface area contributed by atoms with Crippen LogP contribution < -0.4 is 0 Å². The Kier molecular flexibility index (Phi) is 5.55. The topological polar surface area (TPSA) is 20.2 Å². The lowest BCUT2D eigenvalue weighted by atomic mass is 10.0. The average molecular weight is 472 g/mol. The Balaban J connectivity index is 2.25. The monoisotopic (exact) mass is 470 g/mol. The Morgan fingerprint density at radius 1 is 1.16 bits per heavy atom. The van der Waals surface area contributed by atoms with Crippen LogP contribution in [0.3, 0.4) is 0 Å². The average Bonchev–Trinajstić information content (AvgIpc) is 2.35. The Labute approximate surface area is 144 Å². The zero-order valence-electron chi connectivity index (χ0n) is 9.71. The lowest BCUT2D eigenvalue weighted by molar-refractivity contribution is 0.177. The highest BCUT2D eigenvalue weighted by molar-refractivity contribution is 14.1. The Morgan fingerprint density at radius 3 is 2.58 bits per heavy atom. The summed E-state index contributed by atoms with van der Waals surface area (Å²) in [6.45, 7) is 0. The molecule has 0 aliphatic rings. The van der Waals surface area contributed by atoms with Gasteiger partial charge in [0, 0.05) is 24.5 Å². The highest BCUT2D eigenvalue weighted by atomic mass is 127. The molecule has 0 bridgehead atoms. The van der Waals surface area contributed by atoms with Crippen molar-refractivity contribution in [3.8, 4) is 0 Å². The van der Waals surface area contributed by atoms with Crippen molar-refractivity contribution in [1.29, 1.82) is 0 Å². The van der Waals surface area contributed by atoms with E-state index in [9.17, 15) is 5.11 Å². The molecule has 19 heavy (non-hydrogen) atoms. The minimum Gasteiger partial charge on any atom is -0.388 e. The van der Waals surface area contributed by atoms with Crippen molar-refractivity contribution in [2.24, 2.45) is 0 Å². The maximum atomic E-state index is 10.4. The summed E-state index contributed by atoms with van der Waals surface area (Å²) < 4.78 is 1.97. The van der Waals surface area contributed by atoms with Crippen molar-refractivity contribution in [2.75, 3.05) is 0 Å². The molecule has 2 aromatic carbocycles. The predicted molar refractivity (Wildman–Crippen MR) is 92.0 cm³/mol. The normalized spacial score (nSPS) is 12.5. The van der Waals surface area contributed by atoms with Crippen LogP contribution in [-0.4, -0.2) is 5.11 Å². The molecular formula is C14H10BrCl2IO. The van der Waals surface area contributed by atoms with Crippen LogP contribution >= 0.6 is 61.7 Å². The van der Waals surface area contributed by atoms with Gasteiger partial charge in [0.05, 0.1) is 6.10 Å². The first-order valence-corrected chi connectivity index (χ1v) is 8.17. The predicted octanol–water partition coefficient (Wildman–Crippen LogP) is 5.64. The van der Waals surface area contributed by atoms with Crippen LogP contribution in [0.4, 0.5) is 0 Å². The molecule has 0 amide bonds. The molecule has 100 valence electrons. The lowest BCUT2D eigenvalue weighted by Crippen LogP contribution is -2.04. The van der Waals surface area contributed by atoms with Crippen molar-refractivity contribution in [3.63, 3.8) is 0 Å². The first-order valence-electron chi connectivity index (χ1n) is 5.54. The maximum absolute atomic E-state index is 10.4. The summed E-state index contributed by atoms with van der Waals surface area (Å²) in [6, 6.07) is 11.2. The molecule has 0 aliphatic carbocycles. The summed E-state index contributed by atoms with van der Waals surface area (Å²) in [7, 11) is 0. The molecule has 0 aliphatic heterocycles. The van der Waals surface area contributed by atoms with Crippen LogP contribution in [-0.2, 0) is 6.42 Å². The molecule has 0 spiro atoms. The second-order valence-electron chi connectivity index (χ2n) is 4.12. The summed E-state index contributed by atoms with van der Waals surface area (Å²) in [5, 5.41) is 11.5. The number of aliphatic hydroxyl groups is 1. The van der Waals surface area contributed by atoms with Gasteiger partial charge in [-0.25, -0.2) is 0 Å². The zero-order valence-corrected chi connectivity index (χ0v) is 15.0. The third-order valence-corrected chi connectivity index (χ3v) is 4.81. The van der Waals surface area contributed by atoms with E-state index in [1.54, 1.807) is 12.1 Å². The van der Waals surface area contributed by atoms with Gasteiger partial charge >= 0.3 is 0 Å². The number of hydrogen-bond donors (Lipinski definition) is 1. The Morgan fingerprint density at radius 2 is 1.89 bits per heavy atom. The van der Waals surface area contributed by atoms with E-state index in [-0.39, 0.29) is 0 Å². The number of halogens is 4. The minimum atomic E-state index is -0.594. The molecule has 1 nitrogen and oxygen atoms in total. The molecule has 0 heterocycles. The van der Waals surface area contributed by atoms with Gasteiger partial charge in [-0.3, -0.25) is 0 Å². The summed E-state index contributed by atoms with van der Waals surface area (Å²) in [6.07, 6.45) is -0.134. The standard InChI is InChI=1S/C14H10BrCl2IO/c15-9-2-4-13(18)11(6-9)14(19)5-8-1-3-10(16)7-12(8)17/h1-4,6-7,14,19H,5H2. The molecule has 1 N–H and O–H groups in total. The molecule has 0 saturated heterocycles. The SMILES string of the molecule is OC(Cc1ccc(Cl)cc1Cl)c1cc(Br)ccc1I. The number of hydrogen-bond acceptors (Lipinski definition) is 1. The molecular weight excluding hydrogens is 462 g/mol. The molecule has 2 rings (SSSR count). The highest BCUT2D eigenvalue weighted by Crippen LogP contribution is 2.29. The van der Waals surface area contributed by atoms with Gasteiger partial charge in [0.1, 0.15) is 0 Å². The maximum Gasteiger partial charge on any atom is 0.0841 e. The van der Waals surface area contributed by atoms with E-state index >= 15 is 0 Å². The van der Waals surface area contributed by atoms with E-state index < -0.39 is 6.10 Å². The summed E-state index contributed by atoms with van der Waals surface area (Å²) in [5.41, 5.74) is 1.77. The van der Waals surface area contributed by atoms with E-state index in [4.69, 9.17) is 23.2 Å². The number of aliphatic hydroxyl groups excluding tert-OH is 1. The van der Waals surface area contributed by atoms with Crippen LogP contribution in [0.1, 0.15) is 17.2 Å². The second kappa shape index (κ2) is 6.76. The van der Waals surface area contributed by atoms with Gasteiger partial charge in [0.15, 0.2) is 0 Å². The highest BCUT2D eigenvalue weighted by Gasteiger charge is 2.14. The molecule has 0 fully saturated rings. The number of benzene rings is 2.